The van der Waals surface area contributed by atoms with E-state index in [1.807, 2.05) is 23.1 Å². The number of hydrogen-bond acceptors (Lipinski definition) is 4. The van der Waals surface area contributed by atoms with Crippen LogP contribution in [-0.4, -0.2) is 57.0 Å². The number of piperidine rings is 2. The lowest BCUT2D eigenvalue weighted by Crippen LogP contribution is -2.49. The number of amides is 1. The Kier molecular flexibility index (Phi) is 7.35. The fourth-order valence-corrected chi connectivity index (χ4v) is 8.65. The molecule has 2 bridgehead atoms. The Bertz CT molecular complexity index is 1580. The summed E-state index contributed by atoms with van der Waals surface area (Å²) < 4.78 is 3.40. The summed E-state index contributed by atoms with van der Waals surface area (Å²) in [4.78, 5) is 23.2. The molecule has 3 atom stereocenters. The molecular weight excluding hydrogens is 586 g/mol. The minimum absolute atomic E-state index is 0.0397. The second kappa shape index (κ2) is 11.2. The third kappa shape index (κ3) is 4.94. The predicted octanol–water partition coefficient (Wildman–Crippen LogP) is 7.12. The van der Waals surface area contributed by atoms with Gasteiger partial charge < -0.3 is 15.2 Å². The number of imidazole rings is 1. The quantitative estimate of drug-likeness (QED) is 0.232. The van der Waals surface area contributed by atoms with E-state index in [0.717, 1.165) is 54.7 Å². The van der Waals surface area contributed by atoms with E-state index in [4.69, 9.17) is 10.7 Å². The first-order valence-electron chi connectivity index (χ1n) is 15.5. The van der Waals surface area contributed by atoms with Crippen molar-refractivity contribution in [3.63, 3.8) is 0 Å². The van der Waals surface area contributed by atoms with Crippen molar-refractivity contribution in [3.05, 3.63) is 94.2 Å². The first-order valence-corrected chi connectivity index (χ1v) is 16.3. The van der Waals surface area contributed by atoms with Crippen molar-refractivity contribution in [2.45, 2.75) is 75.4 Å². The molecule has 3 saturated heterocycles. The van der Waals surface area contributed by atoms with Crippen LogP contribution in [0.3, 0.4) is 0 Å². The Hall–Kier alpha value is -3.16. The first kappa shape index (κ1) is 27.7. The normalized spacial score (nSPS) is 23.9. The van der Waals surface area contributed by atoms with E-state index in [0.29, 0.717) is 29.4 Å². The van der Waals surface area contributed by atoms with Crippen molar-refractivity contribution in [2.24, 2.45) is 0 Å². The summed E-state index contributed by atoms with van der Waals surface area (Å²) in [5.41, 5.74) is 11.2. The molecular formula is C35H40BrN5O. The lowest BCUT2D eigenvalue weighted by Gasteiger charge is -2.45. The number of halogens is 1. The molecule has 1 amide bonds. The van der Waals surface area contributed by atoms with E-state index < -0.39 is 0 Å². The lowest BCUT2D eigenvalue weighted by atomic mass is 9.70. The first-order chi connectivity index (χ1) is 20.4. The van der Waals surface area contributed by atoms with Crippen LogP contribution in [0, 0.1) is 6.92 Å². The Morgan fingerprint density at radius 1 is 0.952 bits per heavy atom. The maximum Gasteiger partial charge on any atom is 0.255 e. The molecule has 2 N–H and O–H groups in total. The average molecular weight is 627 g/mol. The lowest BCUT2D eigenvalue weighted by molar-refractivity contribution is 0.0608. The largest absolute Gasteiger partial charge is 0.398 e. The molecule has 42 heavy (non-hydrogen) atoms. The second-order valence-electron chi connectivity index (χ2n) is 12.7. The molecule has 3 aliphatic heterocycles. The Morgan fingerprint density at radius 2 is 1.64 bits per heavy atom. The highest BCUT2D eigenvalue weighted by Gasteiger charge is 2.44. The van der Waals surface area contributed by atoms with Gasteiger partial charge in [0.2, 0.25) is 0 Å². The van der Waals surface area contributed by atoms with Gasteiger partial charge >= 0.3 is 0 Å². The third-order valence-electron chi connectivity index (χ3n) is 10.5. The van der Waals surface area contributed by atoms with Crippen LogP contribution in [0.1, 0.15) is 72.7 Å². The summed E-state index contributed by atoms with van der Waals surface area (Å²) in [5.74, 6) is 1.18. The zero-order valence-electron chi connectivity index (χ0n) is 24.4. The number of rotatable bonds is 6. The molecule has 6 nitrogen and oxygen atoms in total. The topological polar surface area (TPSA) is 67.4 Å². The Morgan fingerprint density at radius 3 is 2.38 bits per heavy atom. The van der Waals surface area contributed by atoms with Crippen LogP contribution in [0.25, 0.3) is 11.0 Å². The number of carbonyl (C=O) groups is 1. The molecule has 0 aliphatic carbocycles. The summed E-state index contributed by atoms with van der Waals surface area (Å²) in [6.45, 7) is 4.79. The molecule has 0 unspecified atom stereocenters. The number of nitrogen functional groups attached to an aromatic ring is 1. The summed E-state index contributed by atoms with van der Waals surface area (Å²) in [5, 5.41) is 0. The van der Waals surface area contributed by atoms with Crippen molar-refractivity contribution >= 4 is 38.6 Å². The molecule has 1 aromatic heterocycles. The number of aryl methyl sites for hydroxylation is 1. The molecule has 7 rings (SSSR count). The van der Waals surface area contributed by atoms with Crippen LogP contribution < -0.4 is 5.73 Å². The molecule has 0 spiro atoms. The highest BCUT2D eigenvalue weighted by molar-refractivity contribution is 9.10. The maximum absolute atomic E-state index is 13.5. The van der Waals surface area contributed by atoms with Crippen molar-refractivity contribution in [1.29, 1.82) is 0 Å². The van der Waals surface area contributed by atoms with Gasteiger partial charge in [-0.3, -0.25) is 9.69 Å². The second-order valence-corrected chi connectivity index (χ2v) is 13.6. The van der Waals surface area contributed by atoms with Crippen LogP contribution in [-0.2, 0) is 5.41 Å². The van der Waals surface area contributed by atoms with Gasteiger partial charge in [0.25, 0.3) is 5.91 Å². The number of hydrogen-bond donors (Lipinski definition) is 1. The van der Waals surface area contributed by atoms with E-state index in [1.54, 1.807) is 0 Å². The molecule has 7 heteroatoms. The molecule has 3 fully saturated rings. The summed E-state index contributed by atoms with van der Waals surface area (Å²) in [6.07, 6.45) is 8.07. The highest BCUT2D eigenvalue weighted by Crippen LogP contribution is 2.45. The van der Waals surface area contributed by atoms with Crippen molar-refractivity contribution in [1.82, 2.24) is 19.4 Å². The number of benzene rings is 3. The van der Waals surface area contributed by atoms with Crippen molar-refractivity contribution in [2.75, 3.05) is 25.4 Å². The highest BCUT2D eigenvalue weighted by atomic mass is 79.9. The van der Waals surface area contributed by atoms with Crippen LogP contribution in [0.2, 0.25) is 0 Å². The molecule has 4 aromatic rings. The number of nitrogens with zero attached hydrogens (tertiary/aromatic N) is 4. The van der Waals surface area contributed by atoms with Gasteiger partial charge in [-0.05, 0) is 99.7 Å². The standard InChI is InChI=1S/C35H40BrN5O/c1-24-38-32-9-5-6-10-33(32)41(24)29-22-27-12-13-28(23-29)40(27)20-17-35(25-7-3-2-4-8-25)15-18-39(19-16-35)34(42)30-21-26(36)11-14-31(30)37/h2-11,14,21,27-29H,12-13,15-20,22-23,37H2,1H3/t27-,28+,29+. The van der Waals surface area contributed by atoms with E-state index in [2.05, 4.69) is 86.9 Å². The van der Waals surface area contributed by atoms with Gasteiger partial charge in [-0.2, -0.15) is 0 Å². The summed E-state index contributed by atoms with van der Waals surface area (Å²) in [6, 6.07) is 27.0. The summed E-state index contributed by atoms with van der Waals surface area (Å²) in [7, 11) is 0. The zero-order chi connectivity index (χ0) is 28.8. The monoisotopic (exact) mass is 625 g/mol. The van der Waals surface area contributed by atoms with Crippen LogP contribution in [0.5, 0.6) is 0 Å². The van der Waals surface area contributed by atoms with Crippen LogP contribution in [0.15, 0.2) is 77.3 Å². The number of likely N-dealkylation sites (tertiary alicyclic amines) is 1. The number of anilines is 1. The SMILES string of the molecule is Cc1nc2ccccc2n1[C@H]1C[C@H]2CC[C@@H](C1)N2CCC1(c2ccccc2)CCN(C(=O)c2cc(Br)ccc2N)CC1. The number of para-hydroxylation sites is 2. The van der Waals surface area contributed by atoms with Crippen LogP contribution in [0.4, 0.5) is 5.69 Å². The predicted molar refractivity (Wildman–Crippen MR) is 173 cm³/mol. The van der Waals surface area contributed by atoms with E-state index in [9.17, 15) is 4.79 Å². The van der Waals surface area contributed by atoms with Gasteiger partial charge in [0.1, 0.15) is 5.82 Å². The van der Waals surface area contributed by atoms with E-state index in [1.165, 1.54) is 36.8 Å². The van der Waals surface area contributed by atoms with E-state index in [-0.39, 0.29) is 11.3 Å². The molecule has 0 radical (unpaired) electrons. The van der Waals surface area contributed by atoms with Gasteiger partial charge in [-0.25, -0.2) is 4.98 Å². The Labute approximate surface area is 257 Å². The molecule has 3 aromatic carbocycles. The molecule has 218 valence electrons. The zero-order valence-corrected chi connectivity index (χ0v) is 26.0. The fraction of sp³-hybridized carbons (Fsp3) is 0.429. The number of nitrogens with two attached hydrogens (primary N) is 1. The number of fused-ring (bicyclic) bond motifs is 3. The van der Waals surface area contributed by atoms with Gasteiger partial charge in [0.05, 0.1) is 16.6 Å². The minimum atomic E-state index is 0.0397. The third-order valence-corrected chi connectivity index (χ3v) is 11.0. The van der Waals surface area contributed by atoms with Gasteiger partial charge in [0.15, 0.2) is 0 Å². The van der Waals surface area contributed by atoms with E-state index >= 15 is 0 Å². The van der Waals surface area contributed by atoms with Crippen molar-refractivity contribution < 1.29 is 4.79 Å². The van der Waals surface area contributed by atoms with Gasteiger partial charge in [-0.15, -0.1) is 0 Å². The number of aromatic nitrogens is 2. The fourth-order valence-electron chi connectivity index (χ4n) is 8.29. The molecule has 4 heterocycles. The maximum atomic E-state index is 13.5. The van der Waals surface area contributed by atoms with Crippen LogP contribution >= 0.6 is 15.9 Å². The summed E-state index contributed by atoms with van der Waals surface area (Å²) >= 11 is 3.50. The van der Waals surface area contributed by atoms with Crippen molar-refractivity contribution in [3.8, 4) is 0 Å². The van der Waals surface area contributed by atoms with Gasteiger partial charge in [0, 0.05) is 41.4 Å². The minimum Gasteiger partial charge on any atom is -0.398 e. The smallest absolute Gasteiger partial charge is 0.255 e. The molecule has 0 saturated carbocycles. The molecule has 3 aliphatic rings. The van der Waals surface area contributed by atoms with Gasteiger partial charge in [-0.1, -0.05) is 58.4 Å². The average Bonchev–Trinajstić information content (AvgIpc) is 3.48. The number of carbonyl (C=O) groups excluding carboxylic acids is 1. The Balaban J connectivity index is 1.07.